The van der Waals surface area contributed by atoms with E-state index in [4.69, 9.17) is 0 Å². The number of nitrogens with one attached hydrogen (secondary N) is 1. The number of nitrogens with zero attached hydrogens (tertiary/aromatic N) is 1. The molecule has 2 aliphatic rings. The molecule has 0 spiro atoms. The van der Waals surface area contributed by atoms with Gasteiger partial charge in [0.15, 0.2) is 0 Å². The average Bonchev–Trinajstić information content (AvgIpc) is 2.49. The van der Waals surface area contributed by atoms with Crippen LogP contribution in [0, 0.1) is 5.41 Å². The molecule has 2 fully saturated rings. The smallest absolute Gasteiger partial charge is 0.317 e. The third-order valence-electron chi connectivity index (χ3n) is 3.51. The fourth-order valence-electron chi connectivity index (χ4n) is 2.76. The molecule has 80 valence electrons. The first kappa shape index (κ1) is 9.81. The van der Waals surface area contributed by atoms with Crippen molar-refractivity contribution in [2.45, 2.75) is 45.6 Å². The summed E-state index contributed by atoms with van der Waals surface area (Å²) in [5.41, 5.74) is 0.422. The summed E-state index contributed by atoms with van der Waals surface area (Å²) >= 11 is 0. The minimum Gasteiger partial charge on any atom is -0.336 e. The average molecular weight is 196 g/mol. The molecule has 0 bridgehead atoms. The van der Waals surface area contributed by atoms with Crippen molar-refractivity contribution in [2.24, 2.45) is 5.41 Å². The Morgan fingerprint density at radius 3 is 2.86 bits per heavy atom. The first-order valence-electron chi connectivity index (χ1n) is 5.63. The van der Waals surface area contributed by atoms with Crippen LogP contribution in [0.25, 0.3) is 0 Å². The van der Waals surface area contributed by atoms with Crippen LogP contribution in [0.15, 0.2) is 0 Å². The van der Waals surface area contributed by atoms with E-state index in [1.54, 1.807) is 0 Å². The van der Waals surface area contributed by atoms with E-state index >= 15 is 0 Å². The highest BCUT2D eigenvalue weighted by Gasteiger charge is 2.35. The molecule has 1 unspecified atom stereocenters. The number of hydrogen-bond acceptors (Lipinski definition) is 1. The number of carbonyl (C=O) groups is 1. The molecule has 1 aliphatic heterocycles. The van der Waals surface area contributed by atoms with Crippen molar-refractivity contribution in [2.75, 3.05) is 13.1 Å². The predicted molar refractivity (Wildman–Crippen MR) is 56.1 cm³/mol. The molecule has 1 aliphatic carbocycles. The fourth-order valence-corrected chi connectivity index (χ4v) is 2.76. The van der Waals surface area contributed by atoms with E-state index in [1.165, 1.54) is 25.7 Å². The second-order valence-corrected chi connectivity index (χ2v) is 5.34. The van der Waals surface area contributed by atoms with Gasteiger partial charge in [-0.05, 0) is 24.7 Å². The Bertz CT molecular complexity index is 237. The third kappa shape index (κ3) is 1.86. The molecule has 1 saturated carbocycles. The Balaban J connectivity index is 2.00. The lowest BCUT2D eigenvalue weighted by Crippen LogP contribution is -2.42. The van der Waals surface area contributed by atoms with Crippen LogP contribution in [-0.2, 0) is 0 Å². The number of amides is 2. The minimum absolute atomic E-state index is 0.146. The topological polar surface area (TPSA) is 32.3 Å². The van der Waals surface area contributed by atoms with Crippen LogP contribution in [0.4, 0.5) is 4.79 Å². The Labute approximate surface area is 85.8 Å². The standard InChI is InChI=1S/C11H20N2O/c1-11(2)5-3-4-9(8-11)13-7-6-12-10(13)14/h9H,3-8H2,1-2H3,(H,12,14). The van der Waals surface area contributed by atoms with Crippen LogP contribution in [0.2, 0.25) is 0 Å². The fraction of sp³-hybridized carbons (Fsp3) is 0.909. The molecule has 1 heterocycles. The van der Waals surface area contributed by atoms with Gasteiger partial charge in [-0.15, -0.1) is 0 Å². The van der Waals surface area contributed by atoms with Crippen LogP contribution >= 0.6 is 0 Å². The van der Waals surface area contributed by atoms with Gasteiger partial charge in [-0.2, -0.15) is 0 Å². The summed E-state index contributed by atoms with van der Waals surface area (Å²) in [6, 6.07) is 0.633. The van der Waals surface area contributed by atoms with Gasteiger partial charge in [0.05, 0.1) is 0 Å². The minimum atomic E-state index is 0.146. The van der Waals surface area contributed by atoms with E-state index < -0.39 is 0 Å². The highest BCUT2D eigenvalue weighted by molar-refractivity contribution is 5.76. The molecule has 1 N–H and O–H groups in total. The van der Waals surface area contributed by atoms with E-state index in [2.05, 4.69) is 19.2 Å². The first-order chi connectivity index (χ1) is 6.58. The Morgan fingerprint density at radius 1 is 1.50 bits per heavy atom. The maximum Gasteiger partial charge on any atom is 0.317 e. The lowest BCUT2D eigenvalue weighted by Gasteiger charge is -2.39. The quantitative estimate of drug-likeness (QED) is 0.683. The van der Waals surface area contributed by atoms with E-state index in [0.29, 0.717) is 11.5 Å². The van der Waals surface area contributed by atoms with Gasteiger partial charge in [-0.1, -0.05) is 20.3 Å². The van der Waals surface area contributed by atoms with Gasteiger partial charge in [0.2, 0.25) is 0 Å². The number of carbonyl (C=O) groups excluding carboxylic acids is 1. The van der Waals surface area contributed by atoms with Crippen molar-refractivity contribution in [1.82, 2.24) is 10.2 Å². The highest BCUT2D eigenvalue weighted by Crippen LogP contribution is 2.37. The maximum atomic E-state index is 11.5. The number of rotatable bonds is 1. The Morgan fingerprint density at radius 2 is 2.29 bits per heavy atom. The summed E-state index contributed by atoms with van der Waals surface area (Å²) in [4.78, 5) is 13.5. The molecule has 1 atom stereocenters. The second kappa shape index (κ2) is 3.44. The van der Waals surface area contributed by atoms with Crippen molar-refractivity contribution < 1.29 is 4.79 Å². The number of urea groups is 1. The van der Waals surface area contributed by atoms with Crippen molar-refractivity contribution in [1.29, 1.82) is 0 Å². The third-order valence-corrected chi connectivity index (χ3v) is 3.51. The summed E-state index contributed by atoms with van der Waals surface area (Å²) < 4.78 is 0. The van der Waals surface area contributed by atoms with E-state index in [1.807, 2.05) is 4.90 Å². The van der Waals surface area contributed by atoms with E-state index in [-0.39, 0.29) is 6.03 Å². The summed E-state index contributed by atoms with van der Waals surface area (Å²) in [5, 5.41) is 2.88. The number of hydrogen-bond donors (Lipinski definition) is 1. The molecule has 0 aromatic rings. The summed E-state index contributed by atoms with van der Waals surface area (Å²) in [6.45, 7) is 6.36. The lowest BCUT2D eigenvalue weighted by molar-refractivity contribution is 0.126. The molecule has 0 radical (unpaired) electrons. The monoisotopic (exact) mass is 196 g/mol. The predicted octanol–water partition coefficient (Wildman–Crippen LogP) is 1.98. The molecule has 1 saturated heterocycles. The van der Waals surface area contributed by atoms with Gasteiger partial charge in [0.1, 0.15) is 0 Å². The van der Waals surface area contributed by atoms with Crippen LogP contribution < -0.4 is 5.32 Å². The van der Waals surface area contributed by atoms with Crippen LogP contribution in [0.1, 0.15) is 39.5 Å². The highest BCUT2D eigenvalue weighted by atomic mass is 16.2. The molecule has 0 aromatic heterocycles. The van der Waals surface area contributed by atoms with Crippen LogP contribution in [0.3, 0.4) is 0 Å². The molecule has 14 heavy (non-hydrogen) atoms. The Kier molecular flexibility index (Phi) is 2.41. The SMILES string of the molecule is CC1(C)CCCC(N2CCNC2=O)C1. The zero-order valence-electron chi connectivity index (χ0n) is 9.18. The molecule has 0 aromatic carbocycles. The zero-order valence-corrected chi connectivity index (χ0v) is 9.18. The largest absolute Gasteiger partial charge is 0.336 e. The zero-order chi connectivity index (χ0) is 10.2. The maximum absolute atomic E-state index is 11.5. The van der Waals surface area contributed by atoms with Gasteiger partial charge in [-0.3, -0.25) is 0 Å². The molecular formula is C11H20N2O. The van der Waals surface area contributed by atoms with Gasteiger partial charge in [0, 0.05) is 19.1 Å². The first-order valence-corrected chi connectivity index (χ1v) is 5.63. The molecule has 2 rings (SSSR count). The van der Waals surface area contributed by atoms with Crippen molar-refractivity contribution in [3.8, 4) is 0 Å². The van der Waals surface area contributed by atoms with E-state index in [9.17, 15) is 4.79 Å². The molecule has 2 amide bonds. The van der Waals surface area contributed by atoms with Crippen molar-refractivity contribution in [3.05, 3.63) is 0 Å². The van der Waals surface area contributed by atoms with Gasteiger partial charge in [-0.25, -0.2) is 4.79 Å². The normalized spacial score (nSPS) is 31.7. The van der Waals surface area contributed by atoms with Gasteiger partial charge < -0.3 is 10.2 Å². The summed E-state index contributed by atoms with van der Waals surface area (Å²) in [6.07, 6.45) is 4.93. The van der Waals surface area contributed by atoms with Crippen LogP contribution in [0.5, 0.6) is 0 Å². The van der Waals surface area contributed by atoms with Crippen molar-refractivity contribution >= 4 is 6.03 Å². The molecule has 3 nitrogen and oxygen atoms in total. The second-order valence-electron chi connectivity index (χ2n) is 5.34. The van der Waals surface area contributed by atoms with Gasteiger partial charge in [0.25, 0.3) is 0 Å². The Hall–Kier alpha value is -0.730. The summed E-state index contributed by atoms with van der Waals surface area (Å²) in [7, 11) is 0. The molecule has 3 heteroatoms. The summed E-state index contributed by atoms with van der Waals surface area (Å²) in [5.74, 6) is 0. The van der Waals surface area contributed by atoms with Gasteiger partial charge >= 0.3 is 6.03 Å². The van der Waals surface area contributed by atoms with Crippen LogP contribution in [-0.4, -0.2) is 30.1 Å². The molecular weight excluding hydrogens is 176 g/mol. The van der Waals surface area contributed by atoms with E-state index in [0.717, 1.165) is 13.1 Å². The van der Waals surface area contributed by atoms with Crippen molar-refractivity contribution in [3.63, 3.8) is 0 Å². The lowest BCUT2D eigenvalue weighted by atomic mass is 9.75.